The summed E-state index contributed by atoms with van der Waals surface area (Å²) in [5.41, 5.74) is 1.23. The molecule has 0 unspecified atom stereocenters. The van der Waals surface area contributed by atoms with Crippen molar-refractivity contribution < 1.29 is 19.0 Å². The van der Waals surface area contributed by atoms with Crippen molar-refractivity contribution >= 4 is 5.91 Å². The molecule has 5 rings (SSSR count). The van der Waals surface area contributed by atoms with Crippen LogP contribution in [0.1, 0.15) is 24.8 Å². The van der Waals surface area contributed by atoms with Crippen molar-refractivity contribution in [1.29, 1.82) is 0 Å². The third-order valence-electron chi connectivity index (χ3n) is 5.75. The maximum atomic E-state index is 12.1. The van der Waals surface area contributed by atoms with Gasteiger partial charge in [0.05, 0.1) is 12.7 Å². The van der Waals surface area contributed by atoms with Crippen molar-refractivity contribution in [2.75, 3.05) is 26.5 Å². The Labute approximate surface area is 147 Å². The molecule has 134 valence electrons. The van der Waals surface area contributed by atoms with Crippen LogP contribution in [-0.2, 0) is 16.1 Å². The number of benzene rings is 1. The molecule has 3 heterocycles. The number of amides is 1. The lowest BCUT2D eigenvalue weighted by Crippen LogP contribution is -2.31. The van der Waals surface area contributed by atoms with Crippen LogP contribution in [0.5, 0.6) is 11.5 Å². The van der Waals surface area contributed by atoms with Gasteiger partial charge in [-0.15, -0.1) is 0 Å². The zero-order valence-corrected chi connectivity index (χ0v) is 14.3. The fourth-order valence-electron chi connectivity index (χ4n) is 4.27. The molecule has 0 spiro atoms. The van der Waals surface area contributed by atoms with Crippen LogP contribution in [0.2, 0.25) is 0 Å². The van der Waals surface area contributed by atoms with Gasteiger partial charge in [-0.3, -0.25) is 9.69 Å². The van der Waals surface area contributed by atoms with Crippen LogP contribution in [0.25, 0.3) is 0 Å². The summed E-state index contributed by atoms with van der Waals surface area (Å²) in [4.78, 5) is 14.5. The number of nitrogens with one attached hydrogen (secondary N) is 1. The van der Waals surface area contributed by atoms with E-state index in [4.69, 9.17) is 14.2 Å². The smallest absolute Gasteiger partial charge is 0.231 e. The third-order valence-corrected chi connectivity index (χ3v) is 5.75. The predicted molar refractivity (Wildman–Crippen MR) is 90.3 cm³/mol. The Morgan fingerprint density at radius 3 is 2.96 bits per heavy atom. The quantitative estimate of drug-likeness (QED) is 0.878. The minimum absolute atomic E-state index is 0.200. The van der Waals surface area contributed by atoms with Gasteiger partial charge in [0.1, 0.15) is 0 Å². The number of ether oxygens (including phenoxy) is 3. The lowest BCUT2D eigenvalue weighted by atomic mass is 9.90. The Kier molecular flexibility index (Phi) is 3.82. The van der Waals surface area contributed by atoms with E-state index in [2.05, 4.69) is 22.3 Å². The zero-order valence-electron chi connectivity index (χ0n) is 14.3. The minimum Gasteiger partial charge on any atom is -0.454 e. The van der Waals surface area contributed by atoms with E-state index < -0.39 is 0 Å². The highest BCUT2D eigenvalue weighted by Gasteiger charge is 2.44. The average Bonchev–Trinajstić information content (AvgIpc) is 2.99. The molecule has 3 aliphatic heterocycles. The van der Waals surface area contributed by atoms with E-state index in [1.807, 2.05) is 6.07 Å². The molecule has 3 fully saturated rings. The fourth-order valence-corrected chi connectivity index (χ4v) is 4.27. The molecule has 0 radical (unpaired) electrons. The van der Waals surface area contributed by atoms with E-state index >= 15 is 0 Å². The highest BCUT2D eigenvalue weighted by molar-refractivity contribution is 5.76. The molecule has 4 aliphatic rings. The van der Waals surface area contributed by atoms with Crippen molar-refractivity contribution in [2.24, 2.45) is 11.8 Å². The number of hydrogen-bond donors (Lipinski definition) is 1. The molecule has 2 saturated heterocycles. The molecule has 1 aliphatic carbocycles. The van der Waals surface area contributed by atoms with E-state index in [0.29, 0.717) is 31.1 Å². The first-order chi connectivity index (χ1) is 12.2. The summed E-state index contributed by atoms with van der Waals surface area (Å²) in [5.74, 6) is 2.69. The summed E-state index contributed by atoms with van der Waals surface area (Å²) in [6, 6.07) is 6.59. The number of carbonyl (C=O) groups is 1. The van der Waals surface area contributed by atoms with Crippen molar-refractivity contribution in [3.8, 4) is 11.5 Å². The van der Waals surface area contributed by atoms with Gasteiger partial charge in [0.2, 0.25) is 12.7 Å². The molecule has 1 N–H and O–H groups in total. The maximum Gasteiger partial charge on any atom is 0.231 e. The van der Waals surface area contributed by atoms with Crippen LogP contribution in [0.3, 0.4) is 0 Å². The Morgan fingerprint density at radius 1 is 1.20 bits per heavy atom. The van der Waals surface area contributed by atoms with E-state index in [0.717, 1.165) is 50.6 Å². The number of nitrogens with zero attached hydrogens (tertiary/aromatic N) is 1. The number of hydrogen-bond acceptors (Lipinski definition) is 5. The van der Waals surface area contributed by atoms with Crippen LogP contribution < -0.4 is 14.8 Å². The van der Waals surface area contributed by atoms with E-state index in [-0.39, 0.29) is 12.0 Å². The lowest BCUT2D eigenvalue weighted by molar-refractivity contribution is -0.122. The minimum atomic E-state index is 0.200. The van der Waals surface area contributed by atoms with Crippen LogP contribution >= 0.6 is 0 Å². The second-order valence-corrected chi connectivity index (χ2v) is 7.72. The molecule has 1 saturated carbocycles. The topological polar surface area (TPSA) is 60.0 Å². The van der Waals surface area contributed by atoms with Gasteiger partial charge in [-0.05, 0) is 36.5 Å². The van der Waals surface area contributed by atoms with Gasteiger partial charge in [0.15, 0.2) is 11.5 Å². The number of rotatable bonds is 5. The highest BCUT2D eigenvalue weighted by Crippen LogP contribution is 2.37. The van der Waals surface area contributed by atoms with Gasteiger partial charge in [0.25, 0.3) is 0 Å². The molecule has 0 bridgehead atoms. The SMILES string of the molecule is O=C(C[C@@H]1CO[C@@H]2CN(Cc3ccc4c(c3)OCO4)C[C@H]12)NC1CC1. The summed E-state index contributed by atoms with van der Waals surface area (Å²) in [7, 11) is 0. The summed E-state index contributed by atoms with van der Waals surface area (Å²) < 4.78 is 16.8. The number of fused-ring (bicyclic) bond motifs is 2. The Morgan fingerprint density at radius 2 is 2.08 bits per heavy atom. The predicted octanol–water partition coefficient (Wildman–Crippen LogP) is 1.53. The fraction of sp³-hybridized carbons (Fsp3) is 0.632. The standard InChI is InChI=1S/C19H24N2O4/c22-19(20-14-2-3-14)6-13-10-23-18-9-21(8-15(13)18)7-12-1-4-16-17(5-12)25-11-24-16/h1,4-5,13-15,18H,2-3,6-11H2,(H,20,22)/t13-,15-,18-/m1/s1. The van der Waals surface area contributed by atoms with Crippen molar-refractivity contribution in [2.45, 2.75) is 38.0 Å². The van der Waals surface area contributed by atoms with Gasteiger partial charge in [-0.25, -0.2) is 0 Å². The van der Waals surface area contributed by atoms with Crippen molar-refractivity contribution in [3.63, 3.8) is 0 Å². The molecule has 1 aromatic carbocycles. The summed E-state index contributed by atoms with van der Waals surface area (Å²) in [5, 5.41) is 3.10. The van der Waals surface area contributed by atoms with Gasteiger partial charge in [0, 0.05) is 38.0 Å². The van der Waals surface area contributed by atoms with Gasteiger partial charge in [-0.1, -0.05) is 6.07 Å². The third kappa shape index (κ3) is 3.20. The Hall–Kier alpha value is -1.79. The lowest BCUT2D eigenvalue weighted by Gasteiger charge is -2.19. The largest absolute Gasteiger partial charge is 0.454 e. The van der Waals surface area contributed by atoms with Crippen LogP contribution in [0.15, 0.2) is 18.2 Å². The van der Waals surface area contributed by atoms with Crippen LogP contribution in [-0.4, -0.2) is 49.4 Å². The second-order valence-electron chi connectivity index (χ2n) is 7.72. The molecule has 3 atom stereocenters. The Balaban J connectivity index is 1.18. The van der Waals surface area contributed by atoms with Gasteiger partial charge < -0.3 is 19.5 Å². The molecule has 1 aromatic rings. The molecule has 25 heavy (non-hydrogen) atoms. The van der Waals surface area contributed by atoms with Gasteiger partial charge in [-0.2, -0.15) is 0 Å². The maximum absolute atomic E-state index is 12.1. The molecule has 6 nitrogen and oxygen atoms in total. The molecule has 6 heteroatoms. The van der Waals surface area contributed by atoms with E-state index in [1.165, 1.54) is 5.56 Å². The monoisotopic (exact) mass is 344 g/mol. The van der Waals surface area contributed by atoms with Crippen LogP contribution in [0.4, 0.5) is 0 Å². The molecule has 0 aromatic heterocycles. The average molecular weight is 344 g/mol. The summed E-state index contributed by atoms with van der Waals surface area (Å²) in [6.07, 6.45) is 3.16. The molecular weight excluding hydrogens is 320 g/mol. The first kappa shape index (κ1) is 15.5. The molecule has 1 amide bonds. The van der Waals surface area contributed by atoms with Crippen LogP contribution in [0, 0.1) is 11.8 Å². The van der Waals surface area contributed by atoms with E-state index in [9.17, 15) is 4.79 Å². The van der Waals surface area contributed by atoms with Crippen molar-refractivity contribution in [1.82, 2.24) is 10.2 Å². The zero-order chi connectivity index (χ0) is 16.8. The summed E-state index contributed by atoms with van der Waals surface area (Å²) >= 11 is 0. The first-order valence-electron chi connectivity index (χ1n) is 9.26. The summed E-state index contributed by atoms with van der Waals surface area (Å²) in [6.45, 7) is 3.87. The highest BCUT2D eigenvalue weighted by atomic mass is 16.7. The van der Waals surface area contributed by atoms with E-state index in [1.54, 1.807) is 0 Å². The number of likely N-dealkylation sites (tertiary alicyclic amines) is 1. The Bertz CT molecular complexity index is 675. The number of carbonyl (C=O) groups excluding carboxylic acids is 1. The first-order valence-corrected chi connectivity index (χ1v) is 9.26. The van der Waals surface area contributed by atoms with Crippen molar-refractivity contribution in [3.05, 3.63) is 23.8 Å². The van der Waals surface area contributed by atoms with Gasteiger partial charge >= 0.3 is 0 Å². The normalized spacial score (nSPS) is 30.5. The second kappa shape index (κ2) is 6.18. The molecular formula is C19H24N2O4.